The molecule has 2 bridgehead atoms. The van der Waals surface area contributed by atoms with E-state index in [4.69, 9.17) is 9.47 Å². The minimum absolute atomic E-state index is 0.114. The molecule has 3 fully saturated rings. The number of amides is 5. The fourth-order valence-corrected chi connectivity index (χ4v) is 7.83. The monoisotopic (exact) mass is 796 g/mol. The number of hydrogen-bond donors (Lipinski definition) is 3. The predicted molar refractivity (Wildman–Crippen MR) is 209 cm³/mol. The standard InChI is InChI=1S/C20H23F2N3O3S.C18H21N3O4.C2H6/c1-2-7-23-17(26)10-28-19-14(5-6-15(21)18(19)22)16-11-29-20(24-16)25-12-3-4-13(25)9-27-8-12;1-3-10(2)9-19-12-6-4-5-11-15(12)18(25)21(17(11)24)13-7-8-14(22)20-16(13)23;1-2/h5-6,11-13H,2-4,7-10H2,1H3,(H,23,26);4-6,10,13,19H,3,7-9H2,1-2H3,(H,20,22,23);1-2H3. The van der Waals surface area contributed by atoms with Gasteiger partial charge in [-0.25, -0.2) is 9.37 Å². The van der Waals surface area contributed by atoms with Crippen LogP contribution in [0.5, 0.6) is 5.75 Å². The van der Waals surface area contributed by atoms with E-state index < -0.39 is 42.0 Å². The summed E-state index contributed by atoms with van der Waals surface area (Å²) in [6.07, 6.45) is 4.17. The van der Waals surface area contributed by atoms with Crippen LogP contribution in [-0.2, 0) is 19.1 Å². The molecule has 16 heteroatoms. The number of ether oxygens (including phenoxy) is 2. The van der Waals surface area contributed by atoms with Crippen molar-refractivity contribution in [3.05, 3.63) is 58.5 Å². The number of carbonyl (C=O) groups is 5. The molecule has 3 aromatic rings. The number of anilines is 2. The van der Waals surface area contributed by atoms with Gasteiger partial charge in [0.2, 0.25) is 17.6 Å². The second kappa shape index (κ2) is 19.3. The summed E-state index contributed by atoms with van der Waals surface area (Å²) in [6, 6.07) is 7.22. The lowest BCUT2D eigenvalue weighted by Crippen LogP contribution is -2.54. The minimum atomic E-state index is -1.12. The lowest BCUT2D eigenvalue weighted by molar-refractivity contribution is -0.136. The van der Waals surface area contributed by atoms with E-state index in [0.717, 1.165) is 41.8 Å². The summed E-state index contributed by atoms with van der Waals surface area (Å²) in [4.78, 5) is 68.7. The highest BCUT2D eigenvalue weighted by Gasteiger charge is 2.45. The van der Waals surface area contributed by atoms with Crippen molar-refractivity contribution in [1.82, 2.24) is 20.5 Å². The number of morpholine rings is 1. The number of halogens is 2. The molecule has 4 aliphatic heterocycles. The first kappa shape index (κ1) is 42.2. The summed E-state index contributed by atoms with van der Waals surface area (Å²) >= 11 is 1.46. The van der Waals surface area contributed by atoms with Crippen molar-refractivity contribution in [3.8, 4) is 17.0 Å². The SMILES string of the molecule is CC.CCC(C)CNc1cccc2c1C(=O)N(C1CCC(=O)NC1=O)C2=O.CCCNC(=O)COc1c(-c2csc(N3C4CCC3COC4)n2)ccc(F)c1F. The molecule has 0 spiro atoms. The fraction of sp³-hybridized carbons (Fsp3) is 0.500. The zero-order valence-corrected chi connectivity index (χ0v) is 33.2. The summed E-state index contributed by atoms with van der Waals surface area (Å²) in [6.45, 7) is 12.3. The molecule has 0 radical (unpaired) electrons. The summed E-state index contributed by atoms with van der Waals surface area (Å²) in [5, 5.41) is 10.7. The number of thiazole rings is 1. The van der Waals surface area contributed by atoms with E-state index in [0.29, 0.717) is 72.4 Å². The average Bonchev–Trinajstić information content (AvgIpc) is 3.86. The van der Waals surface area contributed by atoms with E-state index in [1.165, 1.54) is 17.4 Å². The van der Waals surface area contributed by atoms with Crippen molar-refractivity contribution in [2.75, 3.05) is 43.1 Å². The Morgan fingerprint density at radius 3 is 2.45 bits per heavy atom. The van der Waals surface area contributed by atoms with Gasteiger partial charge in [0.1, 0.15) is 6.04 Å². The molecule has 5 amide bonds. The first-order chi connectivity index (χ1) is 27.0. The van der Waals surface area contributed by atoms with Gasteiger partial charge in [0, 0.05) is 36.1 Å². The maximum atomic E-state index is 14.5. The molecule has 5 heterocycles. The van der Waals surface area contributed by atoms with Gasteiger partial charge >= 0.3 is 0 Å². The van der Waals surface area contributed by atoms with Crippen LogP contribution < -0.4 is 25.6 Å². The van der Waals surface area contributed by atoms with Crippen LogP contribution in [0.25, 0.3) is 11.3 Å². The van der Waals surface area contributed by atoms with Gasteiger partial charge in [0.25, 0.3) is 17.7 Å². The van der Waals surface area contributed by atoms with Gasteiger partial charge in [-0.2, -0.15) is 4.39 Å². The van der Waals surface area contributed by atoms with E-state index >= 15 is 0 Å². The van der Waals surface area contributed by atoms with Gasteiger partial charge in [-0.3, -0.25) is 34.2 Å². The van der Waals surface area contributed by atoms with Gasteiger partial charge in [0.05, 0.1) is 42.1 Å². The van der Waals surface area contributed by atoms with Crippen molar-refractivity contribution in [1.29, 1.82) is 0 Å². The number of carbonyl (C=O) groups excluding carboxylic acids is 5. The molecule has 0 aliphatic carbocycles. The number of imide groups is 2. The molecule has 4 atom stereocenters. The van der Waals surface area contributed by atoms with E-state index in [2.05, 4.69) is 39.7 Å². The molecule has 1 aromatic heterocycles. The molecule has 2 aromatic carbocycles. The topological polar surface area (TPSA) is 159 Å². The zero-order chi connectivity index (χ0) is 40.5. The lowest BCUT2D eigenvalue weighted by Gasteiger charge is -2.34. The van der Waals surface area contributed by atoms with Crippen molar-refractivity contribution in [3.63, 3.8) is 0 Å². The summed E-state index contributed by atoms with van der Waals surface area (Å²) < 4.78 is 39.3. The molecule has 0 saturated carbocycles. The maximum Gasteiger partial charge on any atom is 0.264 e. The average molecular weight is 797 g/mol. The van der Waals surface area contributed by atoms with Gasteiger partial charge in [-0.15, -0.1) is 11.3 Å². The molecule has 56 heavy (non-hydrogen) atoms. The van der Waals surface area contributed by atoms with Gasteiger partial charge in [0.15, 0.2) is 23.3 Å². The second-order valence-corrected chi connectivity index (χ2v) is 14.6. The third-order valence-corrected chi connectivity index (χ3v) is 10.9. The normalized spacial score (nSPS) is 20.3. The summed E-state index contributed by atoms with van der Waals surface area (Å²) in [5.41, 5.74) is 2.03. The third kappa shape index (κ3) is 9.18. The first-order valence-corrected chi connectivity index (χ1v) is 20.2. The summed E-state index contributed by atoms with van der Waals surface area (Å²) in [5.74, 6) is -4.35. The van der Waals surface area contributed by atoms with Crippen molar-refractivity contribution >= 4 is 51.7 Å². The smallest absolute Gasteiger partial charge is 0.264 e. The van der Waals surface area contributed by atoms with Crippen molar-refractivity contribution < 1.29 is 42.2 Å². The minimum Gasteiger partial charge on any atom is -0.480 e. The lowest BCUT2D eigenvalue weighted by atomic mass is 10.0. The van der Waals surface area contributed by atoms with Crippen LogP contribution in [0.1, 0.15) is 93.9 Å². The zero-order valence-electron chi connectivity index (χ0n) is 32.4. The number of fused-ring (bicyclic) bond motifs is 3. The Morgan fingerprint density at radius 2 is 1.77 bits per heavy atom. The second-order valence-electron chi connectivity index (χ2n) is 13.8. The van der Waals surface area contributed by atoms with Gasteiger partial charge < -0.3 is 25.0 Å². The van der Waals surface area contributed by atoms with Crippen LogP contribution in [0.3, 0.4) is 0 Å². The van der Waals surface area contributed by atoms with Crippen molar-refractivity contribution in [2.24, 2.45) is 5.92 Å². The Hall–Kier alpha value is -4.96. The van der Waals surface area contributed by atoms with Crippen LogP contribution in [-0.4, -0.2) is 90.5 Å². The van der Waals surface area contributed by atoms with Crippen LogP contribution in [0.2, 0.25) is 0 Å². The van der Waals surface area contributed by atoms with Crippen molar-refractivity contribution in [2.45, 2.75) is 91.3 Å². The molecular weight excluding hydrogens is 747 g/mol. The first-order valence-electron chi connectivity index (χ1n) is 19.3. The highest BCUT2D eigenvalue weighted by Crippen LogP contribution is 2.40. The van der Waals surface area contributed by atoms with E-state index in [1.54, 1.807) is 23.6 Å². The Balaban J connectivity index is 0.000000207. The number of nitrogens with one attached hydrogen (secondary N) is 3. The van der Waals surface area contributed by atoms with E-state index in [-0.39, 0.29) is 30.4 Å². The maximum absolute atomic E-state index is 14.5. The predicted octanol–water partition coefficient (Wildman–Crippen LogP) is 5.93. The molecule has 4 aliphatic rings. The van der Waals surface area contributed by atoms with Crippen LogP contribution >= 0.6 is 11.3 Å². The van der Waals surface area contributed by atoms with Crippen LogP contribution in [0.4, 0.5) is 19.6 Å². The number of benzene rings is 2. The highest BCUT2D eigenvalue weighted by molar-refractivity contribution is 7.14. The number of aromatic nitrogens is 1. The number of rotatable bonds is 12. The van der Waals surface area contributed by atoms with Gasteiger partial charge in [-0.05, 0) is 55.9 Å². The Morgan fingerprint density at radius 1 is 1.04 bits per heavy atom. The largest absolute Gasteiger partial charge is 0.480 e. The number of piperidine rings is 1. The Kier molecular flexibility index (Phi) is 14.5. The molecule has 3 saturated heterocycles. The van der Waals surface area contributed by atoms with E-state index in [9.17, 15) is 32.8 Å². The molecule has 3 N–H and O–H groups in total. The number of nitrogens with zero attached hydrogens (tertiary/aromatic N) is 3. The third-order valence-electron chi connectivity index (χ3n) is 10.0. The molecule has 13 nitrogen and oxygen atoms in total. The molecular formula is C40H50F2N6O7S. The Labute approximate surface area is 329 Å². The molecule has 7 rings (SSSR count). The number of hydrogen-bond acceptors (Lipinski definition) is 11. The van der Waals surface area contributed by atoms with Gasteiger partial charge in [-0.1, -0.05) is 47.1 Å². The Bertz CT molecular complexity index is 1910. The molecule has 4 unspecified atom stereocenters. The van der Waals surface area contributed by atoms with Crippen LogP contribution in [0.15, 0.2) is 35.7 Å². The fourth-order valence-electron chi connectivity index (χ4n) is 6.87. The highest BCUT2D eigenvalue weighted by atomic mass is 32.1. The molecule has 302 valence electrons. The quantitative estimate of drug-likeness (QED) is 0.188. The van der Waals surface area contributed by atoms with Crippen LogP contribution in [0, 0.1) is 17.6 Å². The summed E-state index contributed by atoms with van der Waals surface area (Å²) in [7, 11) is 0. The van der Waals surface area contributed by atoms with E-state index in [1.807, 2.05) is 20.8 Å².